The number of hydrogen-bond donors (Lipinski definition) is 0. The second-order valence-electron chi connectivity index (χ2n) is 6.24. The van der Waals surface area contributed by atoms with Crippen LogP contribution in [-0.2, 0) is 0 Å². The molecule has 1 aromatic heterocycles. The first-order valence-electron chi connectivity index (χ1n) is 8.61. The number of aromatic nitrogens is 2. The Hall–Kier alpha value is -2.83. The van der Waals surface area contributed by atoms with Crippen LogP contribution in [-0.4, -0.2) is 61.2 Å². The summed E-state index contributed by atoms with van der Waals surface area (Å²) < 4.78 is 10.5. The zero-order valence-corrected chi connectivity index (χ0v) is 15.7. The molecule has 1 fully saturated rings. The van der Waals surface area contributed by atoms with Gasteiger partial charge in [0.05, 0.1) is 19.8 Å². The minimum Gasteiger partial charge on any atom is -0.497 e. The maximum absolute atomic E-state index is 12.7. The molecule has 0 atom stereocenters. The number of aryl methyl sites for hydroxylation is 1. The molecule has 0 bridgehead atoms. The van der Waals surface area contributed by atoms with Crippen LogP contribution in [0.1, 0.15) is 21.7 Å². The molecule has 0 spiro atoms. The van der Waals surface area contributed by atoms with Crippen molar-refractivity contribution in [3.8, 4) is 11.6 Å². The number of nitrogens with zero attached hydrogens (tertiary/aromatic N) is 4. The van der Waals surface area contributed by atoms with Crippen LogP contribution in [0.3, 0.4) is 0 Å². The monoisotopic (exact) mass is 356 g/mol. The van der Waals surface area contributed by atoms with Crippen molar-refractivity contribution in [3.05, 3.63) is 41.2 Å². The summed E-state index contributed by atoms with van der Waals surface area (Å²) in [5.41, 5.74) is 1.60. The van der Waals surface area contributed by atoms with Crippen molar-refractivity contribution in [2.75, 3.05) is 45.3 Å². The highest BCUT2D eigenvalue weighted by Gasteiger charge is 2.25. The third-order valence-corrected chi connectivity index (χ3v) is 4.58. The van der Waals surface area contributed by atoms with Crippen molar-refractivity contribution in [1.82, 2.24) is 14.9 Å². The van der Waals surface area contributed by atoms with Crippen LogP contribution in [0.25, 0.3) is 0 Å². The fourth-order valence-corrected chi connectivity index (χ4v) is 3.13. The number of benzene rings is 1. The molecule has 1 aliphatic rings. The average molecular weight is 356 g/mol. The minimum atomic E-state index is 0.0421. The van der Waals surface area contributed by atoms with E-state index < -0.39 is 0 Å². The second-order valence-corrected chi connectivity index (χ2v) is 6.24. The van der Waals surface area contributed by atoms with Gasteiger partial charge in [-0.2, -0.15) is 4.98 Å². The molecular weight excluding hydrogens is 332 g/mol. The Labute approximate surface area is 153 Å². The number of carbonyl (C=O) groups excluding carboxylic acids is 1. The van der Waals surface area contributed by atoms with E-state index in [-0.39, 0.29) is 5.91 Å². The third kappa shape index (κ3) is 3.56. The number of hydrogen-bond acceptors (Lipinski definition) is 6. The summed E-state index contributed by atoms with van der Waals surface area (Å²) in [4.78, 5) is 25.6. The van der Waals surface area contributed by atoms with Crippen LogP contribution in [0.15, 0.2) is 24.3 Å². The Morgan fingerprint density at radius 3 is 2.19 bits per heavy atom. The molecule has 1 amide bonds. The fourth-order valence-electron chi connectivity index (χ4n) is 3.13. The van der Waals surface area contributed by atoms with E-state index in [0.717, 1.165) is 30.2 Å². The van der Waals surface area contributed by atoms with Gasteiger partial charge in [-0.05, 0) is 38.1 Å². The van der Waals surface area contributed by atoms with Gasteiger partial charge in [-0.25, -0.2) is 4.98 Å². The molecule has 0 aliphatic carbocycles. The smallest absolute Gasteiger partial charge is 0.253 e. The van der Waals surface area contributed by atoms with Crippen molar-refractivity contribution < 1.29 is 14.3 Å². The summed E-state index contributed by atoms with van der Waals surface area (Å²) in [5.74, 6) is 2.95. The molecule has 0 N–H and O–H groups in total. The molecule has 3 rings (SSSR count). The molecule has 26 heavy (non-hydrogen) atoms. The zero-order valence-electron chi connectivity index (χ0n) is 15.7. The van der Waals surface area contributed by atoms with Gasteiger partial charge in [0.2, 0.25) is 5.88 Å². The number of carbonyl (C=O) groups is 1. The molecule has 0 radical (unpaired) electrons. The lowest BCUT2D eigenvalue weighted by molar-refractivity contribution is 0.0746. The van der Waals surface area contributed by atoms with E-state index in [1.807, 2.05) is 30.9 Å². The fraction of sp³-hybridized carbons (Fsp3) is 0.421. The molecule has 1 aromatic carbocycles. The van der Waals surface area contributed by atoms with E-state index in [1.165, 1.54) is 0 Å². The maximum Gasteiger partial charge on any atom is 0.253 e. The maximum atomic E-state index is 12.7. The van der Waals surface area contributed by atoms with Crippen LogP contribution in [0, 0.1) is 13.8 Å². The van der Waals surface area contributed by atoms with Crippen LogP contribution < -0.4 is 14.4 Å². The summed E-state index contributed by atoms with van der Waals surface area (Å²) in [6.45, 7) is 6.56. The lowest BCUT2D eigenvalue weighted by Gasteiger charge is -2.36. The second kappa shape index (κ2) is 7.59. The van der Waals surface area contributed by atoms with Crippen molar-refractivity contribution in [3.63, 3.8) is 0 Å². The van der Waals surface area contributed by atoms with E-state index in [2.05, 4.69) is 14.9 Å². The molecule has 1 saturated heterocycles. The molecular formula is C19H24N4O3. The van der Waals surface area contributed by atoms with Gasteiger partial charge in [0.25, 0.3) is 5.91 Å². The quantitative estimate of drug-likeness (QED) is 0.835. The van der Waals surface area contributed by atoms with Crippen LogP contribution in [0.2, 0.25) is 0 Å². The Morgan fingerprint density at radius 1 is 0.962 bits per heavy atom. The van der Waals surface area contributed by atoms with Gasteiger partial charge in [0.1, 0.15) is 17.4 Å². The standard InChI is InChI=1S/C19H24N4O3/c1-13-17(20-14(2)21-18(13)26-4)22-9-11-23(12-10-22)19(24)15-5-7-16(25-3)8-6-15/h5-8H,9-12H2,1-4H3. The summed E-state index contributed by atoms with van der Waals surface area (Å²) in [6.07, 6.45) is 0. The first kappa shape index (κ1) is 18.0. The van der Waals surface area contributed by atoms with Crippen molar-refractivity contribution >= 4 is 11.7 Å². The van der Waals surface area contributed by atoms with E-state index in [9.17, 15) is 4.79 Å². The summed E-state index contributed by atoms with van der Waals surface area (Å²) in [6, 6.07) is 7.22. The highest BCUT2D eigenvalue weighted by atomic mass is 16.5. The zero-order chi connectivity index (χ0) is 18.7. The van der Waals surface area contributed by atoms with Gasteiger partial charge < -0.3 is 19.3 Å². The summed E-state index contributed by atoms with van der Waals surface area (Å²) in [7, 11) is 3.23. The lowest BCUT2D eigenvalue weighted by Crippen LogP contribution is -2.49. The number of amides is 1. The first-order chi connectivity index (χ1) is 12.5. The predicted molar refractivity (Wildman–Crippen MR) is 99.2 cm³/mol. The largest absolute Gasteiger partial charge is 0.497 e. The average Bonchev–Trinajstić information content (AvgIpc) is 2.69. The Bertz CT molecular complexity index is 784. The van der Waals surface area contributed by atoms with E-state index in [4.69, 9.17) is 9.47 Å². The molecule has 7 nitrogen and oxygen atoms in total. The van der Waals surface area contributed by atoms with Gasteiger partial charge >= 0.3 is 0 Å². The Morgan fingerprint density at radius 2 is 1.62 bits per heavy atom. The van der Waals surface area contributed by atoms with Crippen LogP contribution in [0.5, 0.6) is 11.6 Å². The van der Waals surface area contributed by atoms with Gasteiger partial charge in [-0.15, -0.1) is 0 Å². The molecule has 2 heterocycles. The number of rotatable bonds is 4. The van der Waals surface area contributed by atoms with Gasteiger partial charge in [0.15, 0.2) is 0 Å². The third-order valence-electron chi connectivity index (χ3n) is 4.58. The lowest BCUT2D eigenvalue weighted by atomic mass is 10.1. The Balaban J connectivity index is 1.69. The number of ether oxygens (including phenoxy) is 2. The number of methoxy groups -OCH3 is 2. The predicted octanol–water partition coefficient (Wildman–Crippen LogP) is 2.07. The number of anilines is 1. The molecule has 0 unspecified atom stereocenters. The normalized spacial score (nSPS) is 14.3. The van der Waals surface area contributed by atoms with Crippen molar-refractivity contribution in [1.29, 1.82) is 0 Å². The summed E-state index contributed by atoms with van der Waals surface area (Å²) in [5, 5.41) is 0. The van der Waals surface area contributed by atoms with Crippen LogP contribution in [0.4, 0.5) is 5.82 Å². The highest BCUT2D eigenvalue weighted by Crippen LogP contribution is 2.26. The van der Waals surface area contributed by atoms with Crippen LogP contribution >= 0.6 is 0 Å². The van der Waals surface area contributed by atoms with Gasteiger partial charge in [-0.3, -0.25) is 4.79 Å². The molecule has 1 aliphatic heterocycles. The topological polar surface area (TPSA) is 67.8 Å². The molecule has 0 saturated carbocycles. The highest BCUT2D eigenvalue weighted by molar-refractivity contribution is 5.94. The van der Waals surface area contributed by atoms with Crippen molar-refractivity contribution in [2.45, 2.75) is 13.8 Å². The molecule has 7 heteroatoms. The summed E-state index contributed by atoms with van der Waals surface area (Å²) >= 11 is 0. The molecule has 2 aromatic rings. The van der Waals surface area contributed by atoms with Crippen molar-refractivity contribution in [2.24, 2.45) is 0 Å². The van der Waals surface area contributed by atoms with E-state index in [0.29, 0.717) is 30.4 Å². The SMILES string of the molecule is COc1ccc(C(=O)N2CCN(c3nc(C)nc(OC)c3C)CC2)cc1. The Kier molecular flexibility index (Phi) is 5.25. The van der Waals surface area contributed by atoms with E-state index >= 15 is 0 Å². The number of piperazine rings is 1. The molecule has 138 valence electrons. The van der Waals surface area contributed by atoms with Gasteiger partial charge in [-0.1, -0.05) is 0 Å². The first-order valence-corrected chi connectivity index (χ1v) is 8.61. The van der Waals surface area contributed by atoms with Gasteiger partial charge in [0, 0.05) is 31.7 Å². The minimum absolute atomic E-state index is 0.0421. The van der Waals surface area contributed by atoms with E-state index in [1.54, 1.807) is 26.4 Å².